The first-order valence-electron chi connectivity index (χ1n) is 3.63. The van der Waals surface area contributed by atoms with Gasteiger partial charge in [0.05, 0.1) is 0 Å². The molecule has 1 aliphatic rings. The van der Waals surface area contributed by atoms with Crippen LogP contribution in [-0.4, -0.2) is 5.78 Å². The molecule has 0 heterocycles. The van der Waals surface area contributed by atoms with Crippen LogP contribution < -0.4 is 0 Å². The fourth-order valence-corrected chi connectivity index (χ4v) is 1.42. The molecule has 0 spiro atoms. The molecule has 0 amide bonds. The average molecular weight is 126 g/mol. The Labute approximate surface area is 56.4 Å². The van der Waals surface area contributed by atoms with Crippen molar-refractivity contribution in [2.75, 3.05) is 0 Å². The Kier molecular flexibility index (Phi) is 1.60. The van der Waals surface area contributed by atoms with Gasteiger partial charge in [-0.15, -0.1) is 0 Å². The SMILES string of the molecule is CC(=O)C1CC1C(C)C. The van der Waals surface area contributed by atoms with Gasteiger partial charge < -0.3 is 0 Å². The van der Waals surface area contributed by atoms with Crippen molar-refractivity contribution in [3.63, 3.8) is 0 Å². The molecule has 0 saturated heterocycles. The van der Waals surface area contributed by atoms with E-state index in [2.05, 4.69) is 13.8 Å². The Morgan fingerprint density at radius 3 is 2.22 bits per heavy atom. The summed E-state index contributed by atoms with van der Waals surface area (Å²) in [6.45, 7) is 6.08. The fraction of sp³-hybridized carbons (Fsp3) is 0.875. The van der Waals surface area contributed by atoms with E-state index in [0.717, 1.165) is 6.42 Å². The Hall–Kier alpha value is -0.330. The van der Waals surface area contributed by atoms with Gasteiger partial charge in [-0.3, -0.25) is 4.79 Å². The van der Waals surface area contributed by atoms with E-state index in [9.17, 15) is 4.79 Å². The average Bonchev–Trinajstić information content (AvgIpc) is 2.39. The molecular formula is C8H14O. The van der Waals surface area contributed by atoms with E-state index in [-0.39, 0.29) is 0 Å². The van der Waals surface area contributed by atoms with Gasteiger partial charge in [0.1, 0.15) is 5.78 Å². The molecular weight excluding hydrogens is 112 g/mol. The molecule has 2 atom stereocenters. The van der Waals surface area contributed by atoms with Gasteiger partial charge in [0.2, 0.25) is 0 Å². The number of carbonyl (C=O) groups is 1. The van der Waals surface area contributed by atoms with Gasteiger partial charge in [-0.05, 0) is 25.2 Å². The number of ketones is 1. The van der Waals surface area contributed by atoms with Crippen molar-refractivity contribution in [3.05, 3.63) is 0 Å². The third kappa shape index (κ3) is 1.32. The number of carbonyl (C=O) groups excluding carboxylic acids is 1. The monoisotopic (exact) mass is 126 g/mol. The zero-order valence-corrected chi connectivity index (χ0v) is 6.35. The second kappa shape index (κ2) is 2.13. The Morgan fingerprint density at radius 1 is 1.56 bits per heavy atom. The number of Topliss-reactive ketones (excluding diaryl/α,β-unsaturated/α-hetero) is 1. The number of hydrogen-bond acceptors (Lipinski definition) is 1. The van der Waals surface area contributed by atoms with Crippen molar-refractivity contribution in [2.45, 2.75) is 27.2 Å². The smallest absolute Gasteiger partial charge is 0.133 e. The van der Waals surface area contributed by atoms with Crippen LogP contribution in [-0.2, 0) is 4.79 Å². The van der Waals surface area contributed by atoms with E-state index >= 15 is 0 Å². The van der Waals surface area contributed by atoms with Crippen molar-refractivity contribution in [1.82, 2.24) is 0 Å². The summed E-state index contributed by atoms with van der Waals surface area (Å²) in [5.74, 6) is 2.22. The van der Waals surface area contributed by atoms with Gasteiger partial charge in [-0.1, -0.05) is 13.8 Å². The summed E-state index contributed by atoms with van der Waals surface area (Å²) in [5.41, 5.74) is 0. The third-order valence-electron chi connectivity index (χ3n) is 2.22. The molecule has 1 aliphatic carbocycles. The quantitative estimate of drug-likeness (QED) is 0.552. The van der Waals surface area contributed by atoms with E-state index in [1.165, 1.54) is 0 Å². The molecule has 0 bridgehead atoms. The number of rotatable bonds is 2. The van der Waals surface area contributed by atoms with Gasteiger partial charge in [0, 0.05) is 5.92 Å². The molecule has 1 heteroatoms. The molecule has 0 aromatic carbocycles. The highest BCUT2D eigenvalue weighted by molar-refractivity contribution is 5.81. The first-order chi connectivity index (χ1) is 4.13. The Bertz CT molecular complexity index is 127. The molecule has 52 valence electrons. The van der Waals surface area contributed by atoms with Gasteiger partial charge in [0.25, 0.3) is 0 Å². The van der Waals surface area contributed by atoms with Gasteiger partial charge in [-0.2, -0.15) is 0 Å². The highest BCUT2D eigenvalue weighted by Gasteiger charge is 2.42. The minimum atomic E-state index is 0.383. The minimum Gasteiger partial charge on any atom is -0.300 e. The first kappa shape index (κ1) is 6.79. The largest absolute Gasteiger partial charge is 0.300 e. The standard InChI is InChI=1S/C8H14O/c1-5(2)7-4-8(7)6(3)9/h5,7-8H,4H2,1-3H3. The van der Waals surface area contributed by atoms with E-state index in [0.29, 0.717) is 23.5 Å². The molecule has 1 saturated carbocycles. The maximum absolute atomic E-state index is 10.7. The van der Waals surface area contributed by atoms with E-state index in [1.54, 1.807) is 6.92 Å². The van der Waals surface area contributed by atoms with Crippen LogP contribution in [0.4, 0.5) is 0 Å². The predicted molar refractivity (Wildman–Crippen MR) is 37.1 cm³/mol. The molecule has 9 heavy (non-hydrogen) atoms. The zero-order valence-electron chi connectivity index (χ0n) is 6.35. The predicted octanol–water partition coefficient (Wildman–Crippen LogP) is 1.87. The normalized spacial score (nSPS) is 32.9. The van der Waals surface area contributed by atoms with E-state index in [4.69, 9.17) is 0 Å². The lowest BCUT2D eigenvalue weighted by atomic mass is 10.1. The van der Waals surface area contributed by atoms with Crippen LogP contribution in [0.15, 0.2) is 0 Å². The topological polar surface area (TPSA) is 17.1 Å². The van der Waals surface area contributed by atoms with Crippen molar-refractivity contribution < 1.29 is 4.79 Å². The Morgan fingerprint density at radius 2 is 2.11 bits per heavy atom. The maximum atomic E-state index is 10.7. The summed E-state index contributed by atoms with van der Waals surface area (Å²) in [4.78, 5) is 10.7. The molecule has 1 rings (SSSR count). The molecule has 1 nitrogen and oxygen atoms in total. The second-order valence-corrected chi connectivity index (χ2v) is 3.36. The summed E-state index contributed by atoms with van der Waals surface area (Å²) in [6, 6.07) is 0. The van der Waals surface area contributed by atoms with Crippen LogP contribution in [0.2, 0.25) is 0 Å². The third-order valence-corrected chi connectivity index (χ3v) is 2.22. The highest BCUT2D eigenvalue weighted by atomic mass is 16.1. The summed E-state index contributed by atoms with van der Waals surface area (Å²) in [7, 11) is 0. The van der Waals surface area contributed by atoms with E-state index in [1.807, 2.05) is 0 Å². The van der Waals surface area contributed by atoms with Gasteiger partial charge >= 0.3 is 0 Å². The Balaban J connectivity index is 2.33. The van der Waals surface area contributed by atoms with Gasteiger partial charge in [0.15, 0.2) is 0 Å². The molecule has 0 N–H and O–H groups in total. The number of hydrogen-bond donors (Lipinski definition) is 0. The summed E-state index contributed by atoms with van der Waals surface area (Å²) < 4.78 is 0. The maximum Gasteiger partial charge on any atom is 0.133 e. The van der Waals surface area contributed by atoms with Crippen LogP contribution >= 0.6 is 0 Å². The first-order valence-corrected chi connectivity index (χ1v) is 3.63. The molecule has 2 unspecified atom stereocenters. The second-order valence-electron chi connectivity index (χ2n) is 3.36. The van der Waals surface area contributed by atoms with Crippen LogP contribution in [0.5, 0.6) is 0 Å². The summed E-state index contributed by atoms with van der Waals surface area (Å²) in [6.07, 6.45) is 1.15. The lowest BCUT2D eigenvalue weighted by Gasteiger charge is -1.98. The lowest BCUT2D eigenvalue weighted by molar-refractivity contribution is -0.118. The molecule has 0 aliphatic heterocycles. The summed E-state index contributed by atoms with van der Waals surface area (Å²) in [5, 5.41) is 0. The minimum absolute atomic E-state index is 0.383. The van der Waals surface area contributed by atoms with Crippen molar-refractivity contribution in [1.29, 1.82) is 0 Å². The van der Waals surface area contributed by atoms with Crippen LogP contribution in [0.25, 0.3) is 0 Å². The van der Waals surface area contributed by atoms with Crippen LogP contribution in [0.1, 0.15) is 27.2 Å². The lowest BCUT2D eigenvalue weighted by Crippen LogP contribution is -1.99. The van der Waals surface area contributed by atoms with Crippen molar-refractivity contribution >= 4 is 5.78 Å². The zero-order chi connectivity index (χ0) is 7.02. The summed E-state index contributed by atoms with van der Waals surface area (Å²) >= 11 is 0. The van der Waals surface area contributed by atoms with E-state index < -0.39 is 0 Å². The van der Waals surface area contributed by atoms with Crippen molar-refractivity contribution in [3.8, 4) is 0 Å². The van der Waals surface area contributed by atoms with Crippen molar-refractivity contribution in [2.24, 2.45) is 17.8 Å². The van der Waals surface area contributed by atoms with Crippen LogP contribution in [0, 0.1) is 17.8 Å². The van der Waals surface area contributed by atoms with Gasteiger partial charge in [-0.25, -0.2) is 0 Å². The fourth-order valence-electron chi connectivity index (χ4n) is 1.42. The molecule has 0 aromatic rings. The van der Waals surface area contributed by atoms with Crippen LogP contribution in [0.3, 0.4) is 0 Å². The molecule has 0 aromatic heterocycles. The molecule has 0 radical (unpaired) electrons. The highest BCUT2D eigenvalue weighted by Crippen LogP contribution is 2.44. The molecule has 1 fully saturated rings.